The zero-order chi connectivity index (χ0) is 32.3. The Morgan fingerprint density at radius 3 is 1.90 bits per heavy atom. The maximum absolute atomic E-state index is 4.68. The lowest BCUT2D eigenvalue weighted by atomic mass is 9.96. The van der Waals surface area contributed by atoms with Crippen LogP contribution in [-0.2, 0) is 0 Å². The van der Waals surface area contributed by atoms with Crippen LogP contribution in [0, 0.1) is 0 Å². The smallest absolute Gasteiger partial charge is 0.0702 e. The fourth-order valence-electron chi connectivity index (χ4n) is 7.50. The lowest BCUT2D eigenvalue weighted by molar-refractivity contribution is 1.20. The summed E-state index contributed by atoms with van der Waals surface area (Å²) in [4.78, 5) is 8.97. The topological polar surface area (TPSA) is 30.7 Å². The van der Waals surface area contributed by atoms with Gasteiger partial charge in [-0.1, -0.05) is 109 Å². The number of nitrogens with zero attached hydrogens (tertiary/aromatic N) is 3. The molecule has 10 aromatic rings. The van der Waals surface area contributed by atoms with E-state index in [0.717, 1.165) is 16.8 Å². The van der Waals surface area contributed by atoms with Crippen LogP contribution in [0.15, 0.2) is 176 Å². The molecule has 7 aromatic carbocycles. The molecule has 49 heavy (non-hydrogen) atoms. The number of pyridine rings is 2. The third kappa shape index (κ3) is 4.51. The van der Waals surface area contributed by atoms with E-state index in [-0.39, 0.29) is 0 Å². The molecule has 0 radical (unpaired) electrons. The van der Waals surface area contributed by atoms with E-state index in [1.165, 1.54) is 76.5 Å². The van der Waals surface area contributed by atoms with Crippen molar-refractivity contribution in [1.82, 2.24) is 14.5 Å². The van der Waals surface area contributed by atoms with Crippen molar-refractivity contribution >= 4 is 54.1 Å². The molecule has 228 valence electrons. The molecule has 0 saturated carbocycles. The SMILES string of the molecule is c1ccc(-c2ccc3c4ccc5cc(-c6ccc7cc(-c8cccnc8)ccc7c6)ccc5c4n(-c4cccc5ccccc45)c3c2)nc1. The van der Waals surface area contributed by atoms with Gasteiger partial charge in [0.1, 0.15) is 0 Å². The Morgan fingerprint density at radius 2 is 1.08 bits per heavy atom. The van der Waals surface area contributed by atoms with Gasteiger partial charge >= 0.3 is 0 Å². The van der Waals surface area contributed by atoms with Gasteiger partial charge in [-0.3, -0.25) is 9.97 Å². The molecule has 0 aliphatic carbocycles. The second-order valence-corrected chi connectivity index (χ2v) is 12.7. The number of fused-ring (bicyclic) bond motifs is 7. The van der Waals surface area contributed by atoms with E-state index in [2.05, 4.69) is 154 Å². The summed E-state index contributed by atoms with van der Waals surface area (Å²) in [5, 5.41) is 9.81. The molecule has 3 aromatic heterocycles. The molecule has 3 heterocycles. The molecule has 0 bridgehead atoms. The van der Waals surface area contributed by atoms with Crippen molar-refractivity contribution in [2.75, 3.05) is 0 Å². The Kier molecular flexibility index (Phi) is 6.18. The van der Waals surface area contributed by atoms with Crippen molar-refractivity contribution in [2.45, 2.75) is 0 Å². The van der Waals surface area contributed by atoms with E-state index in [4.69, 9.17) is 0 Å². The molecule has 0 N–H and O–H groups in total. The van der Waals surface area contributed by atoms with Crippen LogP contribution in [0.4, 0.5) is 0 Å². The van der Waals surface area contributed by atoms with Gasteiger partial charge in [0, 0.05) is 51.3 Å². The average Bonchev–Trinajstić information content (AvgIpc) is 3.51. The second kappa shape index (κ2) is 11.0. The number of hydrogen-bond acceptors (Lipinski definition) is 2. The van der Waals surface area contributed by atoms with Crippen molar-refractivity contribution in [1.29, 1.82) is 0 Å². The Bertz CT molecular complexity index is 2860. The minimum absolute atomic E-state index is 0.970. The highest BCUT2D eigenvalue weighted by Crippen LogP contribution is 2.41. The predicted molar refractivity (Wildman–Crippen MR) is 205 cm³/mol. The minimum atomic E-state index is 0.970. The molecular weight excluding hydrogens is 595 g/mol. The summed E-state index contributed by atoms with van der Waals surface area (Å²) in [6.07, 6.45) is 5.59. The van der Waals surface area contributed by atoms with Gasteiger partial charge in [0.2, 0.25) is 0 Å². The van der Waals surface area contributed by atoms with Crippen LogP contribution in [0.3, 0.4) is 0 Å². The van der Waals surface area contributed by atoms with Gasteiger partial charge < -0.3 is 4.57 Å². The van der Waals surface area contributed by atoms with Gasteiger partial charge in [-0.2, -0.15) is 0 Å². The summed E-state index contributed by atoms with van der Waals surface area (Å²) in [5.41, 5.74) is 10.4. The Hall–Kier alpha value is -6.58. The summed E-state index contributed by atoms with van der Waals surface area (Å²) < 4.78 is 2.47. The molecule has 3 heteroatoms. The van der Waals surface area contributed by atoms with Crippen molar-refractivity contribution < 1.29 is 0 Å². The first-order valence-corrected chi connectivity index (χ1v) is 16.6. The quantitative estimate of drug-likeness (QED) is 0.195. The summed E-state index contributed by atoms with van der Waals surface area (Å²) in [6.45, 7) is 0. The van der Waals surface area contributed by atoms with Crippen LogP contribution in [0.5, 0.6) is 0 Å². The normalized spacial score (nSPS) is 11.7. The number of aromatic nitrogens is 3. The van der Waals surface area contributed by atoms with Crippen LogP contribution in [0.2, 0.25) is 0 Å². The maximum Gasteiger partial charge on any atom is 0.0702 e. The highest BCUT2D eigenvalue weighted by molar-refractivity contribution is 6.20. The largest absolute Gasteiger partial charge is 0.308 e. The summed E-state index contributed by atoms with van der Waals surface area (Å²) in [7, 11) is 0. The van der Waals surface area contributed by atoms with Crippen LogP contribution in [-0.4, -0.2) is 14.5 Å². The van der Waals surface area contributed by atoms with Gasteiger partial charge in [-0.05, 0) is 86.8 Å². The minimum Gasteiger partial charge on any atom is -0.308 e. The summed E-state index contributed by atoms with van der Waals surface area (Å²) in [5.74, 6) is 0. The number of rotatable bonds is 4. The van der Waals surface area contributed by atoms with E-state index in [9.17, 15) is 0 Å². The van der Waals surface area contributed by atoms with E-state index in [0.29, 0.717) is 0 Å². The second-order valence-electron chi connectivity index (χ2n) is 12.7. The first kappa shape index (κ1) is 27.5. The zero-order valence-corrected chi connectivity index (χ0v) is 26.6. The molecule has 0 fully saturated rings. The van der Waals surface area contributed by atoms with E-state index >= 15 is 0 Å². The molecule has 0 saturated heterocycles. The van der Waals surface area contributed by atoms with Crippen LogP contribution in [0.25, 0.3) is 93.3 Å². The summed E-state index contributed by atoms with van der Waals surface area (Å²) >= 11 is 0. The molecule has 0 atom stereocenters. The van der Waals surface area contributed by atoms with Crippen molar-refractivity contribution in [2.24, 2.45) is 0 Å². The van der Waals surface area contributed by atoms with Gasteiger partial charge in [0.15, 0.2) is 0 Å². The molecule has 3 nitrogen and oxygen atoms in total. The lowest BCUT2D eigenvalue weighted by Crippen LogP contribution is -1.96. The molecule has 0 unspecified atom stereocenters. The lowest BCUT2D eigenvalue weighted by Gasteiger charge is -2.14. The van der Waals surface area contributed by atoms with E-state index < -0.39 is 0 Å². The van der Waals surface area contributed by atoms with Crippen LogP contribution >= 0.6 is 0 Å². The van der Waals surface area contributed by atoms with Gasteiger partial charge in [-0.25, -0.2) is 0 Å². The van der Waals surface area contributed by atoms with E-state index in [1.807, 2.05) is 36.8 Å². The Labute approximate surface area is 283 Å². The van der Waals surface area contributed by atoms with Crippen LogP contribution < -0.4 is 0 Å². The third-order valence-corrected chi connectivity index (χ3v) is 9.88. The van der Waals surface area contributed by atoms with Crippen molar-refractivity contribution in [3.05, 3.63) is 176 Å². The molecule has 10 rings (SSSR count). The fourth-order valence-corrected chi connectivity index (χ4v) is 7.50. The molecule has 0 spiro atoms. The molecule has 0 amide bonds. The third-order valence-electron chi connectivity index (χ3n) is 9.88. The van der Waals surface area contributed by atoms with Gasteiger partial charge in [0.05, 0.1) is 22.4 Å². The number of hydrogen-bond donors (Lipinski definition) is 0. The van der Waals surface area contributed by atoms with Gasteiger partial charge in [-0.15, -0.1) is 0 Å². The average molecular weight is 624 g/mol. The fraction of sp³-hybridized carbons (Fsp3) is 0. The highest BCUT2D eigenvalue weighted by atomic mass is 15.0. The van der Waals surface area contributed by atoms with E-state index in [1.54, 1.807) is 0 Å². The molecule has 0 aliphatic heterocycles. The predicted octanol–water partition coefficient (Wildman–Crippen LogP) is 12.0. The first-order valence-electron chi connectivity index (χ1n) is 16.6. The van der Waals surface area contributed by atoms with Gasteiger partial charge in [0.25, 0.3) is 0 Å². The van der Waals surface area contributed by atoms with Crippen molar-refractivity contribution in [3.8, 4) is 39.2 Å². The highest BCUT2D eigenvalue weighted by Gasteiger charge is 2.18. The summed E-state index contributed by atoms with van der Waals surface area (Å²) in [6, 6.07) is 57.1. The Morgan fingerprint density at radius 1 is 0.388 bits per heavy atom. The monoisotopic (exact) mass is 623 g/mol. The standard InChI is InChI=1S/C46H29N3/c1-2-10-39-30(7-1)8-5-12-44(39)49-45-28-37(43-11-3-4-24-48-43)19-21-41(45)42-22-18-36-27-34(17-20-40(36)46(42)49)32-13-14-33-26-35(16-15-31(33)25-32)38-9-6-23-47-29-38/h1-29H. The zero-order valence-electron chi connectivity index (χ0n) is 26.6. The maximum atomic E-state index is 4.68. The molecule has 0 aliphatic rings. The van der Waals surface area contributed by atoms with Crippen molar-refractivity contribution in [3.63, 3.8) is 0 Å². The molecular formula is C46H29N3. The number of benzene rings is 7. The first-order chi connectivity index (χ1) is 24.3. The Balaban J connectivity index is 1.18. The van der Waals surface area contributed by atoms with Crippen LogP contribution in [0.1, 0.15) is 0 Å².